The van der Waals surface area contributed by atoms with Crippen LogP contribution in [0.3, 0.4) is 0 Å². The first-order valence-corrected chi connectivity index (χ1v) is 9.73. The summed E-state index contributed by atoms with van der Waals surface area (Å²) in [5.41, 5.74) is 1.64. The third kappa shape index (κ3) is 4.30. The summed E-state index contributed by atoms with van der Waals surface area (Å²) in [6.07, 6.45) is 0. The van der Waals surface area contributed by atoms with Crippen LogP contribution < -0.4 is 15.6 Å². The van der Waals surface area contributed by atoms with Gasteiger partial charge in [0.1, 0.15) is 5.75 Å². The molecule has 0 aliphatic heterocycles. The Morgan fingerprint density at radius 2 is 1.90 bits per heavy atom. The van der Waals surface area contributed by atoms with Crippen molar-refractivity contribution in [2.45, 2.75) is 5.16 Å². The molecule has 2 aromatic carbocycles. The van der Waals surface area contributed by atoms with Crippen molar-refractivity contribution in [2.75, 3.05) is 18.2 Å². The lowest BCUT2D eigenvalue weighted by atomic mass is 10.2. The van der Waals surface area contributed by atoms with Gasteiger partial charge < -0.3 is 10.1 Å². The molecular formula is C20H17N5O3S. The SMILES string of the molecule is COc1ccc(-c2nc(SCC(=O)Nc3ccccc3)n3[nH]c(=O)cc3n2)cc1. The Morgan fingerprint density at radius 1 is 1.14 bits per heavy atom. The van der Waals surface area contributed by atoms with Crippen molar-refractivity contribution in [2.24, 2.45) is 0 Å². The number of nitrogens with one attached hydrogen (secondary N) is 2. The number of fused-ring (bicyclic) bond motifs is 1. The number of carbonyl (C=O) groups is 1. The first-order chi connectivity index (χ1) is 14.1. The second-order valence-electron chi connectivity index (χ2n) is 6.08. The van der Waals surface area contributed by atoms with Crippen molar-refractivity contribution in [3.05, 3.63) is 71.0 Å². The number of anilines is 1. The molecule has 4 rings (SSSR count). The van der Waals surface area contributed by atoms with Crippen LogP contribution in [0.1, 0.15) is 0 Å². The second kappa shape index (κ2) is 8.19. The molecule has 0 saturated heterocycles. The Balaban J connectivity index is 1.60. The molecule has 29 heavy (non-hydrogen) atoms. The molecule has 146 valence electrons. The molecule has 2 heterocycles. The number of rotatable bonds is 6. The first-order valence-electron chi connectivity index (χ1n) is 8.74. The molecular weight excluding hydrogens is 390 g/mol. The van der Waals surface area contributed by atoms with Crippen LogP contribution in [0.15, 0.2) is 70.6 Å². The zero-order valence-corrected chi connectivity index (χ0v) is 16.3. The maximum Gasteiger partial charge on any atom is 0.266 e. The van der Waals surface area contributed by atoms with Crippen molar-refractivity contribution in [3.8, 4) is 17.1 Å². The Bertz CT molecular complexity index is 1200. The quantitative estimate of drug-likeness (QED) is 0.477. The predicted molar refractivity (Wildman–Crippen MR) is 111 cm³/mol. The summed E-state index contributed by atoms with van der Waals surface area (Å²) in [6, 6.07) is 17.9. The summed E-state index contributed by atoms with van der Waals surface area (Å²) >= 11 is 1.21. The molecule has 0 radical (unpaired) electrons. The number of H-pyrrole nitrogens is 1. The highest BCUT2D eigenvalue weighted by atomic mass is 32.2. The van der Waals surface area contributed by atoms with E-state index in [4.69, 9.17) is 4.74 Å². The normalized spacial score (nSPS) is 10.8. The number of methoxy groups -OCH3 is 1. The average Bonchev–Trinajstić information content (AvgIpc) is 3.13. The van der Waals surface area contributed by atoms with Gasteiger partial charge in [0.05, 0.1) is 12.9 Å². The van der Waals surface area contributed by atoms with Crippen LogP contribution in [-0.2, 0) is 4.79 Å². The highest BCUT2D eigenvalue weighted by molar-refractivity contribution is 7.99. The number of thioether (sulfide) groups is 1. The van der Waals surface area contributed by atoms with Crippen LogP contribution in [0.2, 0.25) is 0 Å². The topological polar surface area (TPSA) is 101 Å². The van der Waals surface area contributed by atoms with Crippen LogP contribution in [0, 0.1) is 0 Å². The van der Waals surface area contributed by atoms with Crippen LogP contribution in [0.25, 0.3) is 17.0 Å². The Labute approximate surface area is 169 Å². The average molecular weight is 407 g/mol. The molecule has 0 atom stereocenters. The Morgan fingerprint density at radius 3 is 2.62 bits per heavy atom. The standard InChI is InChI=1S/C20H17N5O3S/c1-28-15-9-7-13(8-10-15)19-22-16-11-17(26)24-25(16)20(23-19)29-12-18(27)21-14-5-3-2-4-6-14/h2-11H,12H2,1H3,(H,21,27)(H,24,26). The molecule has 1 amide bonds. The van der Waals surface area contributed by atoms with Gasteiger partial charge in [0, 0.05) is 17.3 Å². The predicted octanol–water partition coefficient (Wildman–Crippen LogP) is 2.82. The molecule has 0 spiro atoms. The molecule has 8 nitrogen and oxygen atoms in total. The van der Waals surface area contributed by atoms with Crippen molar-refractivity contribution >= 4 is 29.0 Å². The van der Waals surface area contributed by atoms with Gasteiger partial charge in [-0.1, -0.05) is 30.0 Å². The number of hydrogen-bond acceptors (Lipinski definition) is 6. The highest BCUT2D eigenvalue weighted by Gasteiger charge is 2.13. The molecule has 2 aromatic heterocycles. The zero-order chi connectivity index (χ0) is 20.2. The number of ether oxygens (including phenoxy) is 1. The highest BCUT2D eigenvalue weighted by Crippen LogP contribution is 2.23. The van der Waals surface area contributed by atoms with Gasteiger partial charge in [0.2, 0.25) is 5.91 Å². The van der Waals surface area contributed by atoms with Crippen molar-refractivity contribution < 1.29 is 9.53 Å². The molecule has 0 bridgehead atoms. The number of nitrogens with zero attached hydrogens (tertiary/aromatic N) is 3. The Kier molecular flexibility index (Phi) is 5.30. The van der Waals surface area contributed by atoms with Crippen molar-refractivity contribution in [1.29, 1.82) is 0 Å². The summed E-state index contributed by atoms with van der Waals surface area (Å²) in [4.78, 5) is 33.1. The minimum Gasteiger partial charge on any atom is -0.497 e. The van der Waals surface area contributed by atoms with Gasteiger partial charge in [-0.15, -0.1) is 0 Å². The van der Waals surface area contributed by atoms with E-state index in [9.17, 15) is 9.59 Å². The minimum absolute atomic E-state index is 0.128. The largest absolute Gasteiger partial charge is 0.497 e. The number of amides is 1. The van der Waals surface area contributed by atoms with Gasteiger partial charge in [-0.05, 0) is 36.4 Å². The van der Waals surface area contributed by atoms with E-state index in [-0.39, 0.29) is 17.2 Å². The molecule has 0 fully saturated rings. The lowest BCUT2D eigenvalue weighted by Gasteiger charge is -2.08. The Hall–Kier alpha value is -3.59. The van der Waals surface area contributed by atoms with Crippen molar-refractivity contribution in [1.82, 2.24) is 19.6 Å². The van der Waals surface area contributed by atoms with Gasteiger partial charge in [0.15, 0.2) is 16.6 Å². The maximum atomic E-state index is 12.3. The number of aromatic amines is 1. The van der Waals surface area contributed by atoms with E-state index >= 15 is 0 Å². The molecule has 0 aliphatic carbocycles. The fraction of sp³-hybridized carbons (Fsp3) is 0.100. The van der Waals surface area contributed by atoms with E-state index < -0.39 is 0 Å². The van der Waals surface area contributed by atoms with E-state index in [1.807, 2.05) is 54.6 Å². The molecule has 0 aliphatic rings. The van der Waals surface area contributed by atoms with Gasteiger partial charge >= 0.3 is 0 Å². The van der Waals surface area contributed by atoms with Crippen LogP contribution in [-0.4, -0.2) is 38.4 Å². The summed E-state index contributed by atoms with van der Waals surface area (Å²) in [5, 5.41) is 5.95. The number of benzene rings is 2. The minimum atomic E-state index is -0.290. The van der Waals surface area contributed by atoms with E-state index in [1.165, 1.54) is 22.3 Å². The molecule has 0 unspecified atom stereocenters. The number of carbonyl (C=O) groups excluding carboxylic acids is 1. The van der Waals surface area contributed by atoms with E-state index in [1.54, 1.807) is 7.11 Å². The third-order valence-corrected chi connectivity index (χ3v) is 5.00. The van der Waals surface area contributed by atoms with Gasteiger partial charge in [-0.2, -0.15) is 0 Å². The molecule has 0 saturated carbocycles. The van der Waals surface area contributed by atoms with E-state index in [2.05, 4.69) is 20.4 Å². The van der Waals surface area contributed by atoms with E-state index in [0.29, 0.717) is 16.6 Å². The number of hydrogen-bond donors (Lipinski definition) is 2. The second-order valence-corrected chi connectivity index (χ2v) is 7.02. The van der Waals surface area contributed by atoms with Crippen LogP contribution in [0.5, 0.6) is 5.75 Å². The fourth-order valence-electron chi connectivity index (χ4n) is 2.70. The maximum absolute atomic E-state index is 12.3. The van der Waals surface area contributed by atoms with Crippen molar-refractivity contribution in [3.63, 3.8) is 0 Å². The van der Waals surface area contributed by atoms with Gasteiger partial charge in [-0.25, -0.2) is 14.5 Å². The molecule has 4 aromatic rings. The lowest BCUT2D eigenvalue weighted by molar-refractivity contribution is -0.113. The third-order valence-electron chi connectivity index (χ3n) is 4.06. The van der Waals surface area contributed by atoms with Crippen LogP contribution >= 0.6 is 11.8 Å². The first kappa shape index (κ1) is 18.8. The smallest absolute Gasteiger partial charge is 0.266 e. The summed E-state index contributed by atoms with van der Waals surface area (Å²) in [6.45, 7) is 0. The molecule has 2 N–H and O–H groups in total. The monoisotopic (exact) mass is 407 g/mol. The summed E-state index contributed by atoms with van der Waals surface area (Å²) in [5.74, 6) is 1.13. The molecule has 9 heteroatoms. The number of para-hydroxylation sites is 1. The zero-order valence-electron chi connectivity index (χ0n) is 15.5. The summed E-state index contributed by atoms with van der Waals surface area (Å²) in [7, 11) is 1.60. The number of aromatic nitrogens is 4. The van der Waals surface area contributed by atoms with Crippen LogP contribution in [0.4, 0.5) is 5.69 Å². The van der Waals surface area contributed by atoms with Gasteiger partial charge in [0.25, 0.3) is 5.56 Å². The fourth-order valence-corrected chi connectivity index (χ4v) is 3.45. The van der Waals surface area contributed by atoms with E-state index in [0.717, 1.165) is 17.0 Å². The summed E-state index contributed by atoms with van der Waals surface area (Å²) < 4.78 is 6.66. The van der Waals surface area contributed by atoms with Gasteiger partial charge in [-0.3, -0.25) is 14.7 Å². The lowest BCUT2D eigenvalue weighted by Crippen LogP contribution is -2.15.